The van der Waals surface area contributed by atoms with E-state index in [-0.39, 0.29) is 17.6 Å². The van der Waals surface area contributed by atoms with Gasteiger partial charge in [-0.3, -0.25) is 9.69 Å². The number of carbonyl (C=O) groups is 1. The number of furan rings is 1. The van der Waals surface area contributed by atoms with E-state index in [2.05, 4.69) is 34.5 Å². The van der Waals surface area contributed by atoms with Gasteiger partial charge in [-0.2, -0.15) is 0 Å². The number of hydrogen-bond donors (Lipinski definition) is 1. The van der Waals surface area contributed by atoms with Crippen LogP contribution in [0.5, 0.6) is 0 Å². The third-order valence-electron chi connectivity index (χ3n) is 6.77. The van der Waals surface area contributed by atoms with Crippen molar-refractivity contribution in [1.82, 2.24) is 10.2 Å². The van der Waals surface area contributed by atoms with Gasteiger partial charge in [-0.15, -0.1) is 0 Å². The smallest absolute Gasteiger partial charge is 0.251 e. The van der Waals surface area contributed by atoms with Crippen LogP contribution < -0.4 is 5.32 Å². The minimum absolute atomic E-state index is 0.0192. The molecule has 1 unspecified atom stereocenters. The van der Waals surface area contributed by atoms with Crippen molar-refractivity contribution in [3.8, 4) is 11.3 Å². The monoisotopic (exact) mass is 430 g/mol. The molecule has 2 aliphatic heterocycles. The van der Waals surface area contributed by atoms with Gasteiger partial charge in [0.1, 0.15) is 5.76 Å². The van der Waals surface area contributed by atoms with Crippen LogP contribution in [0.4, 0.5) is 0 Å². The van der Waals surface area contributed by atoms with E-state index in [1.807, 2.05) is 42.5 Å². The van der Waals surface area contributed by atoms with Gasteiger partial charge in [-0.25, -0.2) is 0 Å². The summed E-state index contributed by atoms with van der Waals surface area (Å²) in [6.45, 7) is 3.60. The molecule has 1 atom stereocenters. The molecule has 5 rings (SSSR count). The lowest BCUT2D eigenvalue weighted by Gasteiger charge is -2.39. The number of nitrogens with one attached hydrogen (secondary N) is 1. The molecule has 0 radical (unpaired) electrons. The maximum atomic E-state index is 12.3. The van der Waals surface area contributed by atoms with Crippen LogP contribution in [0.2, 0.25) is 0 Å². The number of hydrogen-bond acceptors (Lipinski definition) is 4. The molecule has 166 valence electrons. The van der Waals surface area contributed by atoms with Crippen molar-refractivity contribution in [2.75, 3.05) is 19.6 Å². The molecule has 2 saturated heterocycles. The Bertz CT molecular complexity index is 1020. The van der Waals surface area contributed by atoms with Crippen molar-refractivity contribution in [3.63, 3.8) is 0 Å². The molecule has 1 amide bonds. The van der Waals surface area contributed by atoms with E-state index in [0.29, 0.717) is 12.1 Å². The van der Waals surface area contributed by atoms with Gasteiger partial charge in [0.2, 0.25) is 0 Å². The fourth-order valence-corrected chi connectivity index (χ4v) is 4.95. The van der Waals surface area contributed by atoms with Gasteiger partial charge in [0, 0.05) is 37.3 Å². The highest BCUT2D eigenvalue weighted by atomic mass is 16.5. The van der Waals surface area contributed by atoms with Gasteiger partial charge < -0.3 is 14.5 Å². The van der Waals surface area contributed by atoms with Crippen LogP contribution in [-0.2, 0) is 11.3 Å². The Morgan fingerprint density at radius 1 is 1.00 bits per heavy atom. The first-order valence-corrected chi connectivity index (χ1v) is 11.6. The predicted octanol–water partition coefficient (Wildman–Crippen LogP) is 4.89. The highest BCUT2D eigenvalue weighted by molar-refractivity contribution is 5.94. The summed E-state index contributed by atoms with van der Waals surface area (Å²) in [5, 5.41) is 3.04. The number of amides is 1. The minimum Gasteiger partial charge on any atom is -0.464 e. The summed E-state index contributed by atoms with van der Waals surface area (Å²) in [7, 11) is 0. The fraction of sp³-hybridized carbons (Fsp3) is 0.370. The number of rotatable bonds is 6. The van der Waals surface area contributed by atoms with Gasteiger partial charge in [0.15, 0.2) is 0 Å². The number of piperidine rings is 1. The van der Waals surface area contributed by atoms with Crippen LogP contribution in [0.1, 0.15) is 41.6 Å². The molecule has 1 N–H and O–H groups in total. The Morgan fingerprint density at radius 2 is 1.84 bits per heavy atom. The van der Waals surface area contributed by atoms with Crippen LogP contribution in [0.3, 0.4) is 0 Å². The second-order valence-corrected chi connectivity index (χ2v) is 8.99. The molecule has 0 aliphatic carbocycles. The Morgan fingerprint density at radius 3 is 2.62 bits per heavy atom. The summed E-state index contributed by atoms with van der Waals surface area (Å²) in [4.78, 5) is 14.8. The molecule has 3 heterocycles. The SMILES string of the molecule is O=C(NCC1CCC2(CCN(Cc3cccc(-c4ccco4)c3)CC2)O1)c1ccccc1. The molecule has 5 heteroatoms. The van der Waals surface area contributed by atoms with E-state index in [4.69, 9.17) is 9.15 Å². The van der Waals surface area contributed by atoms with Gasteiger partial charge in [0.05, 0.1) is 18.0 Å². The van der Waals surface area contributed by atoms with E-state index in [9.17, 15) is 4.79 Å². The van der Waals surface area contributed by atoms with Gasteiger partial charge in [-0.05, 0) is 61.6 Å². The first-order chi connectivity index (χ1) is 15.7. The predicted molar refractivity (Wildman–Crippen MR) is 124 cm³/mol. The molecule has 0 saturated carbocycles. The summed E-state index contributed by atoms with van der Waals surface area (Å²) in [5.74, 6) is 0.885. The van der Waals surface area contributed by atoms with Crippen LogP contribution in [0.15, 0.2) is 77.4 Å². The molecule has 3 aromatic rings. The molecule has 2 fully saturated rings. The highest BCUT2D eigenvalue weighted by Gasteiger charge is 2.42. The number of benzene rings is 2. The lowest BCUT2D eigenvalue weighted by Crippen LogP contribution is -2.44. The third kappa shape index (κ3) is 4.79. The fourth-order valence-electron chi connectivity index (χ4n) is 4.95. The maximum Gasteiger partial charge on any atom is 0.251 e. The number of carbonyl (C=O) groups excluding carboxylic acids is 1. The summed E-state index contributed by atoms with van der Waals surface area (Å²) >= 11 is 0. The largest absolute Gasteiger partial charge is 0.464 e. The lowest BCUT2D eigenvalue weighted by atomic mass is 9.88. The number of likely N-dealkylation sites (tertiary alicyclic amines) is 1. The molecule has 2 aromatic carbocycles. The zero-order chi connectivity index (χ0) is 21.8. The van der Waals surface area contributed by atoms with Crippen molar-refractivity contribution in [2.45, 2.75) is 43.9 Å². The molecule has 1 aromatic heterocycles. The molecule has 0 bridgehead atoms. The number of nitrogens with zero attached hydrogens (tertiary/aromatic N) is 1. The van der Waals surface area contributed by atoms with Gasteiger partial charge in [0.25, 0.3) is 5.91 Å². The van der Waals surface area contributed by atoms with Gasteiger partial charge >= 0.3 is 0 Å². The Kier molecular flexibility index (Phi) is 6.10. The van der Waals surface area contributed by atoms with E-state index in [1.165, 1.54) is 5.56 Å². The van der Waals surface area contributed by atoms with Crippen molar-refractivity contribution in [1.29, 1.82) is 0 Å². The Hall–Kier alpha value is -2.89. The van der Waals surface area contributed by atoms with E-state index >= 15 is 0 Å². The van der Waals surface area contributed by atoms with Crippen molar-refractivity contribution < 1.29 is 13.9 Å². The highest BCUT2D eigenvalue weighted by Crippen LogP contribution is 2.39. The number of ether oxygens (including phenoxy) is 1. The topological polar surface area (TPSA) is 54.7 Å². The van der Waals surface area contributed by atoms with E-state index < -0.39 is 0 Å². The summed E-state index contributed by atoms with van der Waals surface area (Å²) in [6, 6.07) is 21.9. The average Bonchev–Trinajstić information content (AvgIpc) is 3.51. The lowest BCUT2D eigenvalue weighted by molar-refractivity contribution is -0.0764. The van der Waals surface area contributed by atoms with Crippen molar-refractivity contribution >= 4 is 5.91 Å². The molecule has 5 nitrogen and oxygen atoms in total. The summed E-state index contributed by atoms with van der Waals surface area (Å²) < 4.78 is 12.0. The second-order valence-electron chi connectivity index (χ2n) is 8.99. The zero-order valence-corrected chi connectivity index (χ0v) is 18.3. The average molecular weight is 431 g/mol. The van der Waals surface area contributed by atoms with Crippen LogP contribution in [-0.4, -0.2) is 42.1 Å². The normalized spacial score (nSPS) is 20.4. The molecule has 32 heavy (non-hydrogen) atoms. The Labute approximate surface area is 189 Å². The third-order valence-corrected chi connectivity index (χ3v) is 6.77. The molecule has 2 aliphatic rings. The standard InChI is InChI=1S/C27H30N2O3/c30-26(22-7-2-1-3-8-22)28-19-24-11-12-27(32-24)13-15-29(16-14-27)20-21-6-4-9-23(18-21)25-10-5-17-31-25/h1-10,17-18,24H,11-16,19-20H2,(H,28,30). The molecule has 1 spiro atoms. The summed E-state index contributed by atoms with van der Waals surface area (Å²) in [5.41, 5.74) is 3.11. The zero-order valence-electron chi connectivity index (χ0n) is 18.3. The van der Waals surface area contributed by atoms with Crippen molar-refractivity contribution in [3.05, 3.63) is 84.1 Å². The van der Waals surface area contributed by atoms with Crippen molar-refractivity contribution in [2.24, 2.45) is 0 Å². The maximum absolute atomic E-state index is 12.3. The quantitative estimate of drug-likeness (QED) is 0.605. The first-order valence-electron chi connectivity index (χ1n) is 11.6. The van der Waals surface area contributed by atoms with Crippen LogP contribution in [0.25, 0.3) is 11.3 Å². The van der Waals surface area contributed by atoms with E-state index in [1.54, 1.807) is 6.26 Å². The molecular formula is C27H30N2O3. The minimum atomic E-state index is -0.0262. The Balaban J connectivity index is 1.10. The molecular weight excluding hydrogens is 400 g/mol. The first kappa shape index (κ1) is 21.0. The van der Waals surface area contributed by atoms with Gasteiger partial charge in [-0.1, -0.05) is 36.4 Å². The van der Waals surface area contributed by atoms with Crippen LogP contribution in [0, 0.1) is 0 Å². The van der Waals surface area contributed by atoms with Crippen LogP contribution >= 0.6 is 0 Å². The summed E-state index contributed by atoms with van der Waals surface area (Å²) in [6.07, 6.45) is 6.02. The second kappa shape index (κ2) is 9.31. The van der Waals surface area contributed by atoms with E-state index in [0.717, 1.165) is 56.6 Å².